The molecule has 1 fully saturated rings. The fourth-order valence-corrected chi connectivity index (χ4v) is 5.70. The molecule has 4 heterocycles. The van der Waals surface area contributed by atoms with Gasteiger partial charge in [-0.05, 0) is 19.4 Å². The molecule has 0 unspecified atom stereocenters. The van der Waals surface area contributed by atoms with Crippen molar-refractivity contribution in [3.05, 3.63) is 76.3 Å². The summed E-state index contributed by atoms with van der Waals surface area (Å²) in [5.41, 5.74) is 2.83. The molecule has 2 aliphatic heterocycles. The summed E-state index contributed by atoms with van der Waals surface area (Å²) in [6.45, 7) is 5.95. The number of anilines is 2. The predicted molar refractivity (Wildman–Crippen MR) is 148 cm³/mol. The van der Waals surface area contributed by atoms with Crippen molar-refractivity contribution in [2.75, 3.05) is 36.5 Å². The van der Waals surface area contributed by atoms with Crippen molar-refractivity contribution in [1.82, 2.24) is 15.2 Å². The number of nitrogens with one attached hydrogen (secondary N) is 1. The third kappa shape index (κ3) is 5.20. The molecule has 2 N–H and O–H groups in total. The Morgan fingerprint density at radius 2 is 1.79 bits per heavy atom. The summed E-state index contributed by atoms with van der Waals surface area (Å²) in [7, 11) is 0. The van der Waals surface area contributed by atoms with E-state index in [1.807, 2.05) is 54.6 Å². The Labute approximate surface area is 229 Å². The van der Waals surface area contributed by atoms with E-state index in [9.17, 15) is 9.90 Å². The Morgan fingerprint density at radius 1 is 1.05 bits per heavy atom. The zero-order valence-electron chi connectivity index (χ0n) is 21.6. The van der Waals surface area contributed by atoms with E-state index in [-0.39, 0.29) is 24.1 Å². The number of fused-ring (bicyclic) bond motifs is 1. The van der Waals surface area contributed by atoms with Gasteiger partial charge in [-0.3, -0.25) is 9.79 Å². The van der Waals surface area contributed by atoms with E-state index >= 15 is 0 Å². The van der Waals surface area contributed by atoms with Gasteiger partial charge in [-0.25, -0.2) is 4.98 Å². The number of morpholine rings is 1. The van der Waals surface area contributed by atoms with Crippen LogP contribution in [0.5, 0.6) is 0 Å². The summed E-state index contributed by atoms with van der Waals surface area (Å²) in [4.78, 5) is 24.9. The monoisotopic (exact) mass is 544 g/mol. The average Bonchev–Trinajstić information content (AvgIpc) is 3.57. The SMILES string of the molecule is CC(C)(O)c1nc(-c2nnc(N[C@H]3N=C(c4ccccc4)c4ccccc4CC3=O)o2)c(N2CCOCC2)s1. The summed E-state index contributed by atoms with van der Waals surface area (Å²) in [5, 5.41) is 23.4. The van der Waals surface area contributed by atoms with E-state index in [0.717, 1.165) is 27.4 Å². The number of aliphatic hydroxyl groups is 1. The van der Waals surface area contributed by atoms with Gasteiger partial charge in [0.1, 0.15) is 15.6 Å². The van der Waals surface area contributed by atoms with Crippen molar-refractivity contribution in [3.63, 3.8) is 0 Å². The molecule has 0 spiro atoms. The molecular weight excluding hydrogens is 516 g/mol. The number of rotatable bonds is 6. The van der Waals surface area contributed by atoms with Crippen molar-refractivity contribution < 1.29 is 19.1 Å². The lowest BCUT2D eigenvalue weighted by Gasteiger charge is -2.27. The number of ketones is 1. The molecule has 0 saturated carbocycles. The zero-order valence-corrected chi connectivity index (χ0v) is 22.4. The average molecular weight is 545 g/mol. The largest absolute Gasteiger partial charge is 0.402 e. The quantitative estimate of drug-likeness (QED) is 0.374. The van der Waals surface area contributed by atoms with E-state index in [1.54, 1.807) is 13.8 Å². The molecule has 2 aromatic heterocycles. The van der Waals surface area contributed by atoms with Crippen molar-refractivity contribution in [3.8, 4) is 11.6 Å². The molecule has 10 nitrogen and oxygen atoms in total. The number of hydrogen-bond donors (Lipinski definition) is 2. The normalized spacial score (nSPS) is 17.9. The molecule has 11 heteroatoms. The van der Waals surface area contributed by atoms with Crippen LogP contribution < -0.4 is 10.2 Å². The van der Waals surface area contributed by atoms with Crippen LogP contribution in [0.1, 0.15) is 35.5 Å². The van der Waals surface area contributed by atoms with Crippen LogP contribution in [0.3, 0.4) is 0 Å². The molecule has 200 valence electrons. The number of hydrogen-bond acceptors (Lipinski definition) is 11. The first-order valence-corrected chi connectivity index (χ1v) is 13.6. The molecule has 4 aromatic rings. The Balaban J connectivity index is 1.33. The van der Waals surface area contributed by atoms with Crippen LogP contribution in [0.15, 0.2) is 64.0 Å². The lowest BCUT2D eigenvalue weighted by atomic mass is 9.96. The van der Waals surface area contributed by atoms with Crippen LogP contribution in [-0.4, -0.2) is 64.3 Å². The number of thiazole rings is 1. The Bertz CT molecular complexity index is 1520. The fourth-order valence-electron chi connectivity index (χ4n) is 4.59. The first-order valence-electron chi connectivity index (χ1n) is 12.8. The molecule has 1 saturated heterocycles. The standard InChI is InChI=1S/C28H28N6O4S/c1-28(2,36)26-30-22(25(39-26)34-12-14-37-15-13-34)24-32-33-27(38-24)31-23-20(35)16-18-10-6-7-11-19(18)21(29-23)17-8-4-3-5-9-17/h3-11,23,36H,12-16H2,1-2H3,(H,31,33)/t23-/m1/s1. The zero-order chi connectivity index (χ0) is 27.0. The van der Waals surface area contributed by atoms with Gasteiger partial charge in [-0.2, -0.15) is 0 Å². The molecule has 6 rings (SSSR count). The Morgan fingerprint density at radius 3 is 2.56 bits per heavy atom. The summed E-state index contributed by atoms with van der Waals surface area (Å²) in [6, 6.07) is 17.7. The minimum Gasteiger partial charge on any atom is -0.402 e. The van der Waals surface area contributed by atoms with Gasteiger partial charge < -0.3 is 24.5 Å². The van der Waals surface area contributed by atoms with Crippen LogP contribution in [-0.2, 0) is 21.6 Å². The van der Waals surface area contributed by atoms with Gasteiger partial charge in [0.2, 0.25) is 0 Å². The summed E-state index contributed by atoms with van der Waals surface area (Å²) in [5.74, 6) is 0.0856. The minimum absolute atomic E-state index is 0.0659. The van der Waals surface area contributed by atoms with Crippen molar-refractivity contribution >= 4 is 33.8 Å². The molecule has 0 aliphatic carbocycles. The Kier molecular flexibility index (Phi) is 6.71. The number of carbonyl (C=O) groups excluding carboxylic acids is 1. The smallest absolute Gasteiger partial charge is 0.317 e. The molecule has 1 atom stereocenters. The maximum atomic E-state index is 13.3. The molecule has 0 bridgehead atoms. The maximum Gasteiger partial charge on any atom is 0.317 e. The summed E-state index contributed by atoms with van der Waals surface area (Å²) in [6.07, 6.45) is -0.696. The van der Waals surface area contributed by atoms with Crippen LogP contribution in [0.25, 0.3) is 11.6 Å². The van der Waals surface area contributed by atoms with Gasteiger partial charge in [-0.15, -0.1) is 5.10 Å². The number of Topliss-reactive ketones (excluding diaryl/α,β-unsaturated/α-hetero) is 1. The third-order valence-corrected chi connectivity index (χ3v) is 8.00. The molecule has 0 amide bonds. The number of nitrogens with zero attached hydrogens (tertiary/aromatic N) is 5. The van der Waals surface area contributed by atoms with Crippen molar-refractivity contribution in [1.29, 1.82) is 0 Å². The molecular formula is C28H28N6O4S. The molecule has 39 heavy (non-hydrogen) atoms. The fraction of sp³-hybridized carbons (Fsp3) is 0.321. The van der Waals surface area contributed by atoms with Crippen molar-refractivity contribution in [2.45, 2.75) is 32.0 Å². The number of ether oxygens (including phenoxy) is 1. The highest BCUT2D eigenvalue weighted by Crippen LogP contribution is 2.40. The van der Waals surface area contributed by atoms with Crippen molar-refractivity contribution in [2.24, 2.45) is 4.99 Å². The van der Waals surface area contributed by atoms with Crippen LogP contribution >= 0.6 is 11.3 Å². The molecule has 2 aromatic carbocycles. The van der Waals surface area contributed by atoms with E-state index < -0.39 is 11.8 Å². The highest BCUT2D eigenvalue weighted by Gasteiger charge is 2.31. The van der Waals surface area contributed by atoms with E-state index in [4.69, 9.17) is 14.1 Å². The number of aromatic nitrogens is 3. The highest BCUT2D eigenvalue weighted by molar-refractivity contribution is 7.16. The highest BCUT2D eigenvalue weighted by atomic mass is 32.1. The van der Waals surface area contributed by atoms with Gasteiger partial charge in [-0.1, -0.05) is 71.0 Å². The first kappa shape index (κ1) is 25.4. The van der Waals surface area contributed by atoms with Crippen LogP contribution in [0, 0.1) is 0 Å². The van der Waals surface area contributed by atoms with Gasteiger partial charge >= 0.3 is 6.01 Å². The maximum absolute atomic E-state index is 13.3. The van der Waals surface area contributed by atoms with E-state index in [1.165, 1.54) is 11.3 Å². The van der Waals surface area contributed by atoms with E-state index in [2.05, 4.69) is 25.4 Å². The molecule has 2 aliphatic rings. The van der Waals surface area contributed by atoms with Gasteiger partial charge in [0.05, 0.1) is 18.9 Å². The number of benzene rings is 2. The van der Waals surface area contributed by atoms with Gasteiger partial charge in [0, 0.05) is 30.6 Å². The topological polar surface area (TPSA) is 126 Å². The summed E-state index contributed by atoms with van der Waals surface area (Å²) < 4.78 is 11.5. The first-order chi connectivity index (χ1) is 18.9. The second kappa shape index (κ2) is 10.3. The Hall–Kier alpha value is -3.93. The second-order valence-corrected chi connectivity index (χ2v) is 10.9. The lowest BCUT2D eigenvalue weighted by Crippen LogP contribution is -2.36. The van der Waals surface area contributed by atoms with Crippen LogP contribution in [0.4, 0.5) is 11.0 Å². The van der Waals surface area contributed by atoms with Crippen LogP contribution in [0.2, 0.25) is 0 Å². The van der Waals surface area contributed by atoms with Gasteiger partial charge in [0.15, 0.2) is 17.6 Å². The predicted octanol–water partition coefficient (Wildman–Crippen LogP) is 3.66. The van der Waals surface area contributed by atoms with E-state index in [0.29, 0.717) is 37.0 Å². The minimum atomic E-state index is -1.13. The molecule has 0 radical (unpaired) electrons. The summed E-state index contributed by atoms with van der Waals surface area (Å²) >= 11 is 1.39. The third-order valence-electron chi connectivity index (χ3n) is 6.57. The van der Waals surface area contributed by atoms with Gasteiger partial charge in [0.25, 0.3) is 5.89 Å². The number of aliphatic imine (C=N–C) groups is 1. The second-order valence-electron chi connectivity index (χ2n) is 9.93. The number of carbonyl (C=O) groups is 1. The lowest BCUT2D eigenvalue weighted by molar-refractivity contribution is -0.119.